The third-order valence-corrected chi connectivity index (χ3v) is 4.92. The Balaban J connectivity index is 1.90. The lowest BCUT2D eigenvalue weighted by Gasteiger charge is -2.39. The molecular formula is C12H14BrFO2S. The lowest BCUT2D eigenvalue weighted by Crippen LogP contribution is -2.47. The van der Waals surface area contributed by atoms with Gasteiger partial charge < -0.3 is 9.84 Å². The second-order valence-electron chi connectivity index (χ2n) is 4.34. The summed E-state index contributed by atoms with van der Waals surface area (Å²) in [5.74, 6) is 1.22. The highest BCUT2D eigenvalue weighted by Gasteiger charge is 2.37. The molecule has 0 radical (unpaired) electrons. The van der Waals surface area contributed by atoms with Gasteiger partial charge in [0.1, 0.15) is 5.82 Å². The van der Waals surface area contributed by atoms with Crippen LogP contribution in [-0.2, 0) is 10.5 Å². The molecule has 1 aromatic carbocycles. The minimum absolute atomic E-state index is 0.109. The summed E-state index contributed by atoms with van der Waals surface area (Å²) in [4.78, 5) is 0. The maximum Gasteiger partial charge on any atom is 0.128 e. The number of aliphatic hydroxyl groups excluding tert-OH is 1. The van der Waals surface area contributed by atoms with Crippen molar-refractivity contribution in [2.24, 2.45) is 5.41 Å². The molecule has 1 aromatic rings. The molecule has 2 rings (SSSR count). The molecule has 0 spiro atoms. The van der Waals surface area contributed by atoms with Crippen LogP contribution in [-0.4, -0.2) is 30.7 Å². The standard InChI is InChI=1S/C12H14BrFO2S/c13-10-2-1-3-11(14)9(10)4-17-8-12(5-15)6-16-7-12/h1-3,15H,4-8H2. The summed E-state index contributed by atoms with van der Waals surface area (Å²) in [5, 5.41) is 9.27. The quantitative estimate of drug-likeness (QED) is 0.904. The summed E-state index contributed by atoms with van der Waals surface area (Å²) >= 11 is 4.98. The molecule has 17 heavy (non-hydrogen) atoms. The van der Waals surface area contributed by atoms with Gasteiger partial charge in [0.2, 0.25) is 0 Å². The van der Waals surface area contributed by atoms with Crippen molar-refractivity contribution in [3.63, 3.8) is 0 Å². The number of benzene rings is 1. The van der Waals surface area contributed by atoms with Gasteiger partial charge in [0.25, 0.3) is 0 Å². The summed E-state index contributed by atoms with van der Waals surface area (Å²) in [6, 6.07) is 4.99. The number of aliphatic hydroxyl groups is 1. The Bertz CT molecular complexity index is 370. The summed E-state index contributed by atoms with van der Waals surface area (Å²) in [5.41, 5.74) is 0.577. The zero-order chi connectivity index (χ0) is 12.3. The third kappa shape index (κ3) is 3.02. The Morgan fingerprint density at radius 2 is 2.24 bits per heavy atom. The first-order valence-electron chi connectivity index (χ1n) is 5.36. The van der Waals surface area contributed by atoms with Gasteiger partial charge in [0, 0.05) is 27.0 Å². The van der Waals surface area contributed by atoms with Crippen LogP contribution in [0.3, 0.4) is 0 Å². The van der Waals surface area contributed by atoms with Gasteiger partial charge in [-0.05, 0) is 12.1 Å². The average Bonchev–Trinajstić information content (AvgIpc) is 2.26. The molecule has 2 nitrogen and oxygen atoms in total. The lowest BCUT2D eigenvalue weighted by molar-refractivity contribution is -0.121. The fourth-order valence-electron chi connectivity index (χ4n) is 1.65. The van der Waals surface area contributed by atoms with Crippen molar-refractivity contribution in [2.45, 2.75) is 5.75 Å². The van der Waals surface area contributed by atoms with Crippen molar-refractivity contribution in [3.05, 3.63) is 34.1 Å². The van der Waals surface area contributed by atoms with Gasteiger partial charge in [-0.15, -0.1) is 0 Å². The first-order valence-corrected chi connectivity index (χ1v) is 7.31. The van der Waals surface area contributed by atoms with Crippen molar-refractivity contribution < 1.29 is 14.2 Å². The zero-order valence-electron chi connectivity index (χ0n) is 9.29. The maximum absolute atomic E-state index is 13.5. The smallest absolute Gasteiger partial charge is 0.128 e. The second-order valence-corrected chi connectivity index (χ2v) is 6.18. The topological polar surface area (TPSA) is 29.5 Å². The van der Waals surface area contributed by atoms with Gasteiger partial charge in [-0.2, -0.15) is 11.8 Å². The maximum atomic E-state index is 13.5. The number of thioether (sulfide) groups is 1. The van der Waals surface area contributed by atoms with Crippen LogP contribution >= 0.6 is 27.7 Å². The van der Waals surface area contributed by atoms with Crippen LogP contribution in [0.15, 0.2) is 22.7 Å². The summed E-state index contributed by atoms with van der Waals surface area (Å²) < 4.78 is 19.5. The van der Waals surface area contributed by atoms with E-state index in [1.807, 2.05) is 6.07 Å². The Hall–Kier alpha value is -0.100. The number of ether oxygens (including phenoxy) is 1. The normalized spacial score (nSPS) is 17.8. The molecule has 1 heterocycles. The van der Waals surface area contributed by atoms with Crippen molar-refractivity contribution >= 4 is 27.7 Å². The molecule has 0 aromatic heterocycles. The van der Waals surface area contributed by atoms with Crippen LogP contribution in [0.2, 0.25) is 0 Å². The van der Waals surface area contributed by atoms with Crippen LogP contribution in [0, 0.1) is 11.2 Å². The van der Waals surface area contributed by atoms with Crippen molar-refractivity contribution in [1.82, 2.24) is 0 Å². The molecule has 1 aliphatic rings. The zero-order valence-corrected chi connectivity index (χ0v) is 11.7. The van der Waals surface area contributed by atoms with E-state index in [0.29, 0.717) is 24.5 Å². The number of hydrogen-bond donors (Lipinski definition) is 1. The van der Waals surface area contributed by atoms with Crippen LogP contribution in [0.4, 0.5) is 4.39 Å². The van der Waals surface area contributed by atoms with Gasteiger partial charge in [0.15, 0.2) is 0 Å². The van der Waals surface area contributed by atoms with Gasteiger partial charge in [-0.3, -0.25) is 0 Å². The lowest BCUT2D eigenvalue weighted by atomic mass is 9.90. The number of hydrogen-bond acceptors (Lipinski definition) is 3. The molecule has 1 fully saturated rings. The number of rotatable bonds is 5. The van der Waals surface area contributed by atoms with E-state index >= 15 is 0 Å². The molecule has 0 bridgehead atoms. The highest BCUT2D eigenvalue weighted by atomic mass is 79.9. The van der Waals surface area contributed by atoms with Crippen molar-refractivity contribution in [1.29, 1.82) is 0 Å². The van der Waals surface area contributed by atoms with E-state index < -0.39 is 0 Å². The van der Waals surface area contributed by atoms with Crippen LogP contribution in [0.5, 0.6) is 0 Å². The van der Waals surface area contributed by atoms with E-state index in [9.17, 15) is 9.50 Å². The summed E-state index contributed by atoms with van der Waals surface area (Å²) in [7, 11) is 0. The summed E-state index contributed by atoms with van der Waals surface area (Å²) in [6.45, 7) is 1.35. The Morgan fingerprint density at radius 3 is 2.76 bits per heavy atom. The fraction of sp³-hybridized carbons (Fsp3) is 0.500. The van der Waals surface area contributed by atoms with Crippen LogP contribution < -0.4 is 0 Å². The molecule has 0 atom stereocenters. The summed E-state index contributed by atoms with van der Waals surface area (Å²) in [6.07, 6.45) is 0. The Kier molecular flexibility index (Phi) is 4.47. The van der Waals surface area contributed by atoms with E-state index in [2.05, 4.69) is 15.9 Å². The van der Waals surface area contributed by atoms with E-state index in [1.165, 1.54) is 6.07 Å². The highest BCUT2D eigenvalue weighted by molar-refractivity contribution is 9.10. The molecular weight excluding hydrogens is 307 g/mol. The van der Waals surface area contributed by atoms with E-state index in [4.69, 9.17) is 4.74 Å². The monoisotopic (exact) mass is 320 g/mol. The van der Waals surface area contributed by atoms with Crippen molar-refractivity contribution in [3.8, 4) is 0 Å². The van der Waals surface area contributed by atoms with Gasteiger partial charge >= 0.3 is 0 Å². The van der Waals surface area contributed by atoms with Gasteiger partial charge in [0.05, 0.1) is 19.8 Å². The molecule has 1 aliphatic heterocycles. The highest BCUT2D eigenvalue weighted by Crippen LogP contribution is 2.33. The minimum Gasteiger partial charge on any atom is -0.396 e. The van der Waals surface area contributed by atoms with Crippen LogP contribution in [0.1, 0.15) is 5.56 Å². The fourth-order valence-corrected chi connectivity index (χ4v) is 3.61. The molecule has 0 unspecified atom stereocenters. The molecule has 5 heteroatoms. The van der Waals surface area contributed by atoms with E-state index in [1.54, 1.807) is 17.8 Å². The van der Waals surface area contributed by atoms with Gasteiger partial charge in [-0.1, -0.05) is 22.0 Å². The van der Waals surface area contributed by atoms with Gasteiger partial charge in [-0.25, -0.2) is 4.39 Å². The molecule has 0 aliphatic carbocycles. The molecule has 1 saturated heterocycles. The first kappa shape index (κ1) is 13.3. The predicted molar refractivity (Wildman–Crippen MR) is 70.6 cm³/mol. The van der Waals surface area contributed by atoms with E-state index in [0.717, 1.165) is 10.2 Å². The molecule has 0 amide bonds. The van der Waals surface area contributed by atoms with E-state index in [-0.39, 0.29) is 17.8 Å². The third-order valence-electron chi connectivity index (χ3n) is 2.87. The second kappa shape index (κ2) is 5.69. The SMILES string of the molecule is OCC1(CSCc2c(F)cccc2Br)COC1. The Morgan fingerprint density at radius 1 is 1.47 bits per heavy atom. The molecule has 94 valence electrons. The predicted octanol–water partition coefficient (Wildman–Crippen LogP) is 2.83. The Labute approximate surface area is 113 Å². The van der Waals surface area contributed by atoms with Crippen molar-refractivity contribution in [2.75, 3.05) is 25.6 Å². The molecule has 0 saturated carbocycles. The number of halogens is 2. The average molecular weight is 321 g/mol. The van der Waals surface area contributed by atoms with Crippen LogP contribution in [0.25, 0.3) is 0 Å². The molecule has 1 N–H and O–H groups in total. The first-order chi connectivity index (χ1) is 8.17. The minimum atomic E-state index is -0.185. The largest absolute Gasteiger partial charge is 0.396 e.